The van der Waals surface area contributed by atoms with Crippen LogP contribution in [0.15, 0.2) is 57.2 Å². The zero-order chi connectivity index (χ0) is 23.5. The Kier molecular flexibility index (Phi) is 9.85. The molecule has 0 saturated heterocycles. The zero-order valence-electron chi connectivity index (χ0n) is 18.2. The van der Waals surface area contributed by atoms with E-state index in [9.17, 15) is 9.59 Å². The molecule has 2 aromatic carbocycles. The number of hydrogen-bond donors (Lipinski definition) is 2. The van der Waals surface area contributed by atoms with E-state index in [4.69, 9.17) is 9.47 Å². The molecule has 33 heavy (non-hydrogen) atoms. The SMILES string of the molecule is COc1ccc(CNC(=O)CSc2nnc(SCC(=O)NCc3ccc(OC)cc3)s2)cc1. The molecule has 3 aromatic rings. The molecule has 3 rings (SSSR count). The van der Waals surface area contributed by atoms with Crippen molar-refractivity contribution in [1.82, 2.24) is 20.8 Å². The van der Waals surface area contributed by atoms with E-state index in [1.165, 1.54) is 34.9 Å². The van der Waals surface area contributed by atoms with E-state index in [2.05, 4.69) is 20.8 Å². The normalized spacial score (nSPS) is 10.5. The Bertz CT molecular complexity index is 961. The molecule has 0 radical (unpaired) electrons. The van der Waals surface area contributed by atoms with Crippen LogP contribution in [-0.4, -0.2) is 47.7 Å². The maximum absolute atomic E-state index is 12.1. The minimum atomic E-state index is -0.0851. The number of nitrogens with zero attached hydrogens (tertiary/aromatic N) is 2. The summed E-state index contributed by atoms with van der Waals surface area (Å²) in [6.07, 6.45) is 0. The average molecular weight is 505 g/mol. The topological polar surface area (TPSA) is 102 Å². The number of benzene rings is 2. The van der Waals surface area contributed by atoms with E-state index in [0.717, 1.165) is 22.6 Å². The minimum absolute atomic E-state index is 0.0851. The zero-order valence-corrected chi connectivity index (χ0v) is 20.6. The number of nitrogens with one attached hydrogen (secondary N) is 2. The molecule has 11 heteroatoms. The second-order valence-corrected chi connectivity index (χ2v) is 10.1. The molecule has 174 valence electrons. The third-order valence-corrected chi connectivity index (χ3v) is 7.53. The van der Waals surface area contributed by atoms with Gasteiger partial charge >= 0.3 is 0 Å². The Morgan fingerprint density at radius 2 is 1.15 bits per heavy atom. The smallest absolute Gasteiger partial charge is 0.230 e. The summed E-state index contributed by atoms with van der Waals surface area (Å²) < 4.78 is 11.6. The number of amides is 2. The second kappa shape index (κ2) is 13.1. The fraction of sp³-hybridized carbons (Fsp3) is 0.273. The molecule has 0 aliphatic carbocycles. The van der Waals surface area contributed by atoms with Gasteiger partial charge in [-0.1, -0.05) is 59.1 Å². The first-order valence-corrected chi connectivity index (χ1v) is 12.7. The Balaban J connectivity index is 1.33. The largest absolute Gasteiger partial charge is 0.497 e. The van der Waals surface area contributed by atoms with Crippen molar-refractivity contribution in [3.05, 3.63) is 59.7 Å². The number of carbonyl (C=O) groups excluding carboxylic acids is 2. The van der Waals surface area contributed by atoms with E-state index in [1.54, 1.807) is 14.2 Å². The number of aromatic nitrogens is 2. The van der Waals surface area contributed by atoms with Crippen molar-refractivity contribution < 1.29 is 19.1 Å². The van der Waals surface area contributed by atoms with Crippen molar-refractivity contribution in [2.24, 2.45) is 0 Å². The highest BCUT2D eigenvalue weighted by atomic mass is 32.2. The number of rotatable bonds is 12. The molecule has 0 bridgehead atoms. The number of hydrogen-bond acceptors (Lipinski definition) is 9. The second-order valence-electron chi connectivity index (χ2n) is 6.66. The van der Waals surface area contributed by atoms with Crippen molar-refractivity contribution in [3.8, 4) is 11.5 Å². The monoisotopic (exact) mass is 504 g/mol. The van der Waals surface area contributed by atoms with E-state index in [1.807, 2.05) is 48.5 Å². The van der Waals surface area contributed by atoms with Crippen LogP contribution < -0.4 is 20.1 Å². The van der Waals surface area contributed by atoms with Gasteiger partial charge in [0, 0.05) is 13.1 Å². The summed E-state index contributed by atoms with van der Waals surface area (Å²) >= 11 is 4.02. The first-order chi connectivity index (χ1) is 16.1. The molecule has 2 N–H and O–H groups in total. The molecule has 0 aliphatic heterocycles. The van der Waals surface area contributed by atoms with Crippen LogP contribution >= 0.6 is 34.9 Å². The maximum Gasteiger partial charge on any atom is 0.230 e. The molecule has 1 heterocycles. The predicted molar refractivity (Wildman–Crippen MR) is 131 cm³/mol. The van der Waals surface area contributed by atoms with Crippen molar-refractivity contribution >= 4 is 46.7 Å². The number of thioether (sulfide) groups is 2. The summed E-state index contributed by atoms with van der Waals surface area (Å²) in [5.74, 6) is 1.88. The van der Waals surface area contributed by atoms with Crippen molar-refractivity contribution in [1.29, 1.82) is 0 Å². The fourth-order valence-corrected chi connectivity index (χ4v) is 5.24. The Morgan fingerprint density at radius 1 is 0.758 bits per heavy atom. The van der Waals surface area contributed by atoms with Gasteiger partial charge in [-0.3, -0.25) is 9.59 Å². The molecule has 1 aromatic heterocycles. The van der Waals surface area contributed by atoms with Crippen molar-refractivity contribution in [3.63, 3.8) is 0 Å². The van der Waals surface area contributed by atoms with Crippen LogP contribution in [0.2, 0.25) is 0 Å². The Hall–Kier alpha value is -2.76. The van der Waals surface area contributed by atoms with Crippen LogP contribution in [0, 0.1) is 0 Å². The third kappa shape index (κ3) is 8.60. The summed E-state index contributed by atoms with van der Waals surface area (Å²) in [5, 5.41) is 13.9. The van der Waals surface area contributed by atoms with Gasteiger partial charge in [-0.15, -0.1) is 10.2 Å². The van der Waals surface area contributed by atoms with Crippen LogP contribution in [0.4, 0.5) is 0 Å². The lowest BCUT2D eigenvalue weighted by atomic mass is 10.2. The molecular weight excluding hydrogens is 480 g/mol. The molecule has 0 saturated carbocycles. The van der Waals surface area contributed by atoms with E-state index in [-0.39, 0.29) is 23.3 Å². The van der Waals surface area contributed by atoms with Gasteiger partial charge in [-0.2, -0.15) is 0 Å². The van der Waals surface area contributed by atoms with Gasteiger partial charge in [0.25, 0.3) is 0 Å². The Morgan fingerprint density at radius 3 is 1.52 bits per heavy atom. The molecule has 8 nitrogen and oxygen atoms in total. The van der Waals surface area contributed by atoms with Gasteiger partial charge in [0.15, 0.2) is 8.68 Å². The first-order valence-electron chi connectivity index (χ1n) is 9.94. The van der Waals surface area contributed by atoms with Crippen LogP contribution in [0.1, 0.15) is 11.1 Å². The van der Waals surface area contributed by atoms with Gasteiger partial charge < -0.3 is 20.1 Å². The predicted octanol–water partition coefficient (Wildman–Crippen LogP) is 3.37. The summed E-state index contributed by atoms with van der Waals surface area (Å²) in [5.41, 5.74) is 1.99. The van der Waals surface area contributed by atoms with E-state index >= 15 is 0 Å². The first kappa shape index (κ1) is 24.9. The standard InChI is InChI=1S/C22H24N4O4S3/c1-29-17-7-3-15(4-8-17)11-23-19(27)13-31-21-25-26-22(33-21)32-14-20(28)24-12-16-5-9-18(30-2)10-6-16/h3-10H,11-14H2,1-2H3,(H,23,27)(H,24,28). The lowest BCUT2D eigenvalue weighted by molar-refractivity contribution is -0.119. The molecular formula is C22H24N4O4S3. The summed E-state index contributed by atoms with van der Waals surface area (Å²) in [7, 11) is 3.23. The molecule has 0 fully saturated rings. The molecule has 0 aliphatic rings. The number of methoxy groups -OCH3 is 2. The van der Waals surface area contributed by atoms with Gasteiger partial charge in [-0.05, 0) is 35.4 Å². The highest BCUT2D eigenvalue weighted by Crippen LogP contribution is 2.28. The fourth-order valence-electron chi connectivity index (χ4n) is 2.56. The van der Waals surface area contributed by atoms with Crippen LogP contribution in [0.3, 0.4) is 0 Å². The van der Waals surface area contributed by atoms with Crippen LogP contribution in [-0.2, 0) is 22.7 Å². The van der Waals surface area contributed by atoms with Gasteiger partial charge in [0.1, 0.15) is 11.5 Å². The van der Waals surface area contributed by atoms with Gasteiger partial charge in [0.05, 0.1) is 25.7 Å². The van der Waals surface area contributed by atoms with Gasteiger partial charge in [0.2, 0.25) is 11.8 Å². The minimum Gasteiger partial charge on any atom is -0.497 e. The lowest BCUT2D eigenvalue weighted by Gasteiger charge is -2.05. The maximum atomic E-state index is 12.1. The van der Waals surface area contributed by atoms with Gasteiger partial charge in [-0.25, -0.2) is 0 Å². The summed E-state index contributed by atoms with van der Waals surface area (Å²) in [6.45, 7) is 0.901. The lowest BCUT2D eigenvalue weighted by Crippen LogP contribution is -2.24. The highest BCUT2D eigenvalue weighted by Gasteiger charge is 2.11. The molecule has 0 atom stereocenters. The molecule has 0 spiro atoms. The van der Waals surface area contributed by atoms with E-state index < -0.39 is 0 Å². The summed E-state index contributed by atoms with van der Waals surface area (Å²) in [4.78, 5) is 24.2. The third-order valence-electron chi connectivity index (χ3n) is 4.34. The molecule has 0 unspecified atom stereocenters. The number of ether oxygens (including phenoxy) is 2. The quantitative estimate of drug-likeness (QED) is 0.362. The van der Waals surface area contributed by atoms with Crippen molar-refractivity contribution in [2.75, 3.05) is 25.7 Å². The van der Waals surface area contributed by atoms with E-state index in [0.29, 0.717) is 21.8 Å². The van der Waals surface area contributed by atoms with Crippen molar-refractivity contribution in [2.45, 2.75) is 21.8 Å². The highest BCUT2D eigenvalue weighted by molar-refractivity contribution is 8.03. The average Bonchev–Trinajstić information content (AvgIpc) is 3.32. The number of carbonyl (C=O) groups is 2. The summed E-state index contributed by atoms with van der Waals surface area (Å²) in [6, 6.07) is 15.1. The van der Waals surface area contributed by atoms with Crippen LogP contribution in [0.5, 0.6) is 11.5 Å². The Labute approximate surface area is 204 Å². The molecule has 2 amide bonds. The van der Waals surface area contributed by atoms with Crippen LogP contribution in [0.25, 0.3) is 0 Å².